The minimum absolute atomic E-state index is 0.229. The van der Waals surface area contributed by atoms with E-state index in [9.17, 15) is 9.59 Å². The monoisotopic (exact) mass is 367 g/mol. The van der Waals surface area contributed by atoms with Gasteiger partial charge in [-0.3, -0.25) is 9.59 Å². The molecule has 128 valence electrons. The number of benzene rings is 1. The second kappa shape index (κ2) is 8.36. The molecule has 1 fully saturated rings. The Balaban J connectivity index is 2.14. The summed E-state index contributed by atoms with van der Waals surface area (Å²) in [4.78, 5) is 26.1. The zero-order chi connectivity index (χ0) is 17.7. The lowest BCUT2D eigenvalue weighted by molar-refractivity contribution is -0.134. The molecule has 0 aromatic heterocycles. The lowest BCUT2D eigenvalue weighted by Gasteiger charge is -2.32. The molecule has 2 atom stereocenters. The second-order valence-electron chi connectivity index (χ2n) is 5.78. The number of halogens is 2. The standard InChI is InChI=1S/C17H19Cl2N3O2/c1-2-22(10-20)17(24)13-5-3-4-6-15(13)21-16(23)12-8-7-11(18)9-14(12)19/h7-9,13,15H,2-6H2,1H3,(H,21,23)/t13-,15+/m0/s1. The lowest BCUT2D eigenvalue weighted by Crippen LogP contribution is -2.48. The van der Waals surface area contributed by atoms with Crippen LogP contribution in [0.5, 0.6) is 0 Å². The zero-order valence-electron chi connectivity index (χ0n) is 13.4. The maximum atomic E-state index is 12.5. The van der Waals surface area contributed by atoms with E-state index in [1.807, 2.05) is 6.19 Å². The highest BCUT2D eigenvalue weighted by atomic mass is 35.5. The molecular weight excluding hydrogens is 349 g/mol. The Kier molecular flexibility index (Phi) is 6.47. The van der Waals surface area contributed by atoms with E-state index in [1.165, 1.54) is 6.07 Å². The van der Waals surface area contributed by atoms with E-state index in [2.05, 4.69) is 5.32 Å². The fraction of sp³-hybridized carbons (Fsp3) is 0.471. The van der Waals surface area contributed by atoms with Gasteiger partial charge in [-0.1, -0.05) is 36.0 Å². The first kappa shape index (κ1) is 18.6. The molecule has 0 saturated heterocycles. The fourth-order valence-corrected chi connectivity index (χ4v) is 3.49. The Hall–Kier alpha value is -1.77. The molecule has 0 heterocycles. The van der Waals surface area contributed by atoms with Crippen LogP contribution in [-0.2, 0) is 4.79 Å². The Labute approximate surface area is 151 Å². The highest BCUT2D eigenvalue weighted by molar-refractivity contribution is 6.36. The van der Waals surface area contributed by atoms with Crippen LogP contribution in [0.3, 0.4) is 0 Å². The average Bonchev–Trinajstić information content (AvgIpc) is 2.56. The molecule has 0 unspecified atom stereocenters. The highest BCUT2D eigenvalue weighted by Gasteiger charge is 2.34. The van der Waals surface area contributed by atoms with Crippen LogP contribution in [0.25, 0.3) is 0 Å². The van der Waals surface area contributed by atoms with E-state index < -0.39 is 0 Å². The Morgan fingerprint density at radius 3 is 2.67 bits per heavy atom. The summed E-state index contributed by atoms with van der Waals surface area (Å²) in [5, 5.41) is 12.7. The summed E-state index contributed by atoms with van der Waals surface area (Å²) < 4.78 is 0. The number of nitrogens with one attached hydrogen (secondary N) is 1. The molecule has 0 bridgehead atoms. The van der Waals surface area contributed by atoms with Gasteiger partial charge >= 0.3 is 0 Å². The molecule has 0 radical (unpaired) electrons. The van der Waals surface area contributed by atoms with Gasteiger partial charge in [0, 0.05) is 17.6 Å². The Morgan fingerprint density at radius 1 is 1.33 bits per heavy atom. The summed E-state index contributed by atoms with van der Waals surface area (Å²) >= 11 is 11.9. The van der Waals surface area contributed by atoms with Crippen molar-refractivity contribution in [2.45, 2.75) is 38.6 Å². The molecule has 1 saturated carbocycles. The van der Waals surface area contributed by atoms with Gasteiger partial charge in [0.15, 0.2) is 6.19 Å². The highest BCUT2D eigenvalue weighted by Crippen LogP contribution is 2.27. The molecule has 24 heavy (non-hydrogen) atoms. The fourth-order valence-electron chi connectivity index (χ4n) is 2.99. The third-order valence-electron chi connectivity index (χ3n) is 4.28. The number of hydrogen-bond acceptors (Lipinski definition) is 3. The van der Waals surface area contributed by atoms with Crippen molar-refractivity contribution in [2.75, 3.05) is 6.54 Å². The topological polar surface area (TPSA) is 73.2 Å². The summed E-state index contributed by atoms with van der Waals surface area (Å²) in [6.45, 7) is 2.08. The van der Waals surface area contributed by atoms with Crippen LogP contribution in [0.15, 0.2) is 18.2 Å². The van der Waals surface area contributed by atoms with Crippen molar-refractivity contribution in [1.82, 2.24) is 10.2 Å². The number of carbonyl (C=O) groups excluding carboxylic acids is 2. The van der Waals surface area contributed by atoms with Gasteiger partial charge in [-0.2, -0.15) is 5.26 Å². The first-order valence-electron chi connectivity index (χ1n) is 7.95. The van der Waals surface area contributed by atoms with Crippen molar-refractivity contribution in [3.8, 4) is 6.19 Å². The normalized spacial score (nSPS) is 20.1. The van der Waals surface area contributed by atoms with Crippen LogP contribution in [0.4, 0.5) is 0 Å². The van der Waals surface area contributed by atoms with E-state index in [-0.39, 0.29) is 28.8 Å². The lowest BCUT2D eigenvalue weighted by atomic mass is 9.83. The first-order chi connectivity index (χ1) is 11.5. The second-order valence-corrected chi connectivity index (χ2v) is 6.62. The summed E-state index contributed by atoms with van der Waals surface area (Å²) in [5.74, 6) is -0.943. The third-order valence-corrected chi connectivity index (χ3v) is 4.83. The smallest absolute Gasteiger partial charge is 0.253 e. The van der Waals surface area contributed by atoms with Gasteiger partial charge in [0.05, 0.1) is 16.5 Å². The van der Waals surface area contributed by atoms with Crippen LogP contribution in [0.1, 0.15) is 43.0 Å². The predicted molar refractivity (Wildman–Crippen MR) is 92.7 cm³/mol. The van der Waals surface area contributed by atoms with Crippen LogP contribution in [0, 0.1) is 17.4 Å². The maximum Gasteiger partial charge on any atom is 0.253 e. The molecule has 2 amide bonds. The van der Waals surface area contributed by atoms with E-state index >= 15 is 0 Å². The molecule has 2 rings (SSSR count). The molecule has 1 N–H and O–H groups in total. The van der Waals surface area contributed by atoms with E-state index in [4.69, 9.17) is 28.5 Å². The number of hydrogen-bond donors (Lipinski definition) is 1. The molecule has 0 aliphatic heterocycles. The largest absolute Gasteiger partial charge is 0.348 e. The number of amides is 2. The van der Waals surface area contributed by atoms with Gasteiger partial charge in [0.25, 0.3) is 5.91 Å². The summed E-state index contributed by atoms with van der Waals surface area (Å²) in [7, 11) is 0. The number of carbonyl (C=O) groups is 2. The summed E-state index contributed by atoms with van der Waals surface area (Å²) in [6, 6.07) is 4.37. The van der Waals surface area contributed by atoms with Crippen molar-refractivity contribution < 1.29 is 9.59 Å². The maximum absolute atomic E-state index is 12.5. The van der Waals surface area contributed by atoms with Crippen molar-refractivity contribution in [1.29, 1.82) is 5.26 Å². The Morgan fingerprint density at radius 2 is 2.04 bits per heavy atom. The molecule has 1 aromatic carbocycles. The molecular formula is C17H19Cl2N3O2. The van der Waals surface area contributed by atoms with Gasteiger partial charge in [0.2, 0.25) is 5.91 Å². The SMILES string of the molecule is CCN(C#N)C(=O)[C@H]1CCCC[C@H]1NC(=O)c1ccc(Cl)cc1Cl. The molecule has 1 aromatic rings. The number of nitrogens with zero attached hydrogens (tertiary/aromatic N) is 2. The minimum Gasteiger partial charge on any atom is -0.348 e. The summed E-state index contributed by atoms with van der Waals surface area (Å²) in [5.41, 5.74) is 0.325. The quantitative estimate of drug-likeness (QED) is 0.652. The van der Waals surface area contributed by atoms with Crippen molar-refractivity contribution in [3.63, 3.8) is 0 Å². The van der Waals surface area contributed by atoms with Gasteiger partial charge in [-0.15, -0.1) is 0 Å². The van der Waals surface area contributed by atoms with Crippen molar-refractivity contribution in [3.05, 3.63) is 33.8 Å². The zero-order valence-corrected chi connectivity index (χ0v) is 14.9. The van der Waals surface area contributed by atoms with Gasteiger partial charge in [-0.25, -0.2) is 4.90 Å². The van der Waals surface area contributed by atoms with Crippen LogP contribution < -0.4 is 5.32 Å². The van der Waals surface area contributed by atoms with Crippen LogP contribution >= 0.6 is 23.2 Å². The average molecular weight is 368 g/mol. The third kappa shape index (κ3) is 4.19. The predicted octanol–water partition coefficient (Wildman–Crippen LogP) is 3.61. The van der Waals surface area contributed by atoms with Crippen LogP contribution in [-0.4, -0.2) is 29.3 Å². The van der Waals surface area contributed by atoms with Crippen LogP contribution in [0.2, 0.25) is 10.0 Å². The van der Waals surface area contributed by atoms with Gasteiger partial charge in [-0.05, 0) is 38.0 Å². The van der Waals surface area contributed by atoms with E-state index in [1.54, 1.807) is 19.1 Å². The number of nitriles is 1. The van der Waals surface area contributed by atoms with E-state index in [0.717, 1.165) is 17.7 Å². The van der Waals surface area contributed by atoms with Gasteiger partial charge < -0.3 is 5.32 Å². The molecule has 5 nitrogen and oxygen atoms in total. The van der Waals surface area contributed by atoms with Gasteiger partial charge in [0.1, 0.15) is 0 Å². The molecule has 1 aliphatic rings. The summed E-state index contributed by atoms with van der Waals surface area (Å²) in [6.07, 6.45) is 5.12. The number of rotatable bonds is 4. The molecule has 0 spiro atoms. The molecule has 1 aliphatic carbocycles. The minimum atomic E-state index is -0.381. The first-order valence-corrected chi connectivity index (χ1v) is 8.70. The van der Waals surface area contributed by atoms with E-state index in [0.29, 0.717) is 30.0 Å². The molecule has 7 heteroatoms. The van der Waals surface area contributed by atoms with Crippen molar-refractivity contribution in [2.24, 2.45) is 5.92 Å². The van der Waals surface area contributed by atoms with Crippen molar-refractivity contribution >= 4 is 35.0 Å². The Bertz CT molecular complexity index is 672.